The zero-order valence-electron chi connectivity index (χ0n) is 13.1. The quantitative estimate of drug-likeness (QED) is 0.765. The van der Waals surface area contributed by atoms with E-state index < -0.39 is 0 Å². The highest BCUT2D eigenvalue weighted by molar-refractivity contribution is 7.80. The monoisotopic (exact) mass is 332 g/mol. The van der Waals surface area contributed by atoms with Gasteiger partial charge in [0.25, 0.3) is 0 Å². The Balaban J connectivity index is 1.98. The van der Waals surface area contributed by atoms with Crippen molar-refractivity contribution in [1.82, 2.24) is 4.90 Å². The van der Waals surface area contributed by atoms with Crippen molar-refractivity contribution in [3.63, 3.8) is 0 Å². The summed E-state index contributed by atoms with van der Waals surface area (Å²) in [4.78, 5) is 1.98. The van der Waals surface area contributed by atoms with Gasteiger partial charge in [0, 0.05) is 24.3 Å². The molecule has 0 atom stereocenters. The molecule has 0 fully saturated rings. The minimum atomic E-state index is 0.531. The molecule has 0 aliphatic heterocycles. The Kier molecular flexibility index (Phi) is 5.81. The molecule has 22 heavy (non-hydrogen) atoms. The summed E-state index contributed by atoms with van der Waals surface area (Å²) in [5.41, 5.74) is 3.38. The van der Waals surface area contributed by atoms with Crippen LogP contribution >= 0.6 is 23.8 Å². The molecule has 1 N–H and O–H groups in total. The van der Waals surface area contributed by atoms with Gasteiger partial charge in [-0.15, -0.1) is 0 Å². The summed E-state index contributed by atoms with van der Waals surface area (Å²) in [6, 6.07) is 16.2. The van der Waals surface area contributed by atoms with Crippen LogP contribution in [0.5, 0.6) is 0 Å². The molecule has 4 heteroatoms. The topological polar surface area (TPSA) is 15.3 Å². The van der Waals surface area contributed by atoms with Crippen LogP contribution in [0.1, 0.15) is 30.9 Å². The minimum Gasteiger partial charge on any atom is -0.348 e. The molecule has 0 amide bonds. The van der Waals surface area contributed by atoms with E-state index >= 15 is 0 Å². The van der Waals surface area contributed by atoms with Gasteiger partial charge in [-0.2, -0.15) is 0 Å². The Bertz CT molecular complexity index is 638. The lowest BCUT2D eigenvalue weighted by atomic mass is 10.0. The molecule has 0 radical (unpaired) electrons. The summed E-state index contributed by atoms with van der Waals surface area (Å²) in [5, 5.41) is 4.70. The molecule has 0 aromatic heterocycles. The predicted octanol–water partition coefficient (Wildman–Crippen LogP) is 5.29. The number of hydrogen-bond acceptors (Lipinski definition) is 1. The van der Waals surface area contributed by atoms with Crippen LogP contribution in [0.3, 0.4) is 0 Å². The Morgan fingerprint density at radius 3 is 2.36 bits per heavy atom. The van der Waals surface area contributed by atoms with E-state index in [-0.39, 0.29) is 0 Å². The van der Waals surface area contributed by atoms with Gasteiger partial charge in [-0.05, 0) is 47.5 Å². The molecule has 0 heterocycles. The van der Waals surface area contributed by atoms with E-state index in [1.807, 2.05) is 36.2 Å². The van der Waals surface area contributed by atoms with E-state index in [1.165, 1.54) is 5.56 Å². The molecule has 2 aromatic carbocycles. The number of nitrogens with one attached hydrogen (secondary N) is 1. The van der Waals surface area contributed by atoms with Gasteiger partial charge in [0.1, 0.15) is 0 Å². The van der Waals surface area contributed by atoms with Crippen LogP contribution in [-0.2, 0) is 6.54 Å². The zero-order valence-corrected chi connectivity index (χ0v) is 14.7. The van der Waals surface area contributed by atoms with E-state index in [1.54, 1.807) is 0 Å². The summed E-state index contributed by atoms with van der Waals surface area (Å²) in [7, 11) is 1.96. The molecule has 0 aliphatic carbocycles. The van der Waals surface area contributed by atoms with Crippen molar-refractivity contribution in [2.45, 2.75) is 26.3 Å². The molecule has 2 rings (SSSR count). The van der Waals surface area contributed by atoms with Crippen molar-refractivity contribution in [2.24, 2.45) is 0 Å². The first-order valence-corrected chi connectivity index (χ1v) is 8.11. The van der Waals surface area contributed by atoms with Gasteiger partial charge in [0.2, 0.25) is 0 Å². The van der Waals surface area contributed by atoms with Gasteiger partial charge in [0.15, 0.2) is 5.11 Å². The molecule has 0 spiro atoms. The standard InChI is InChI=1S/C18H21ClN2S/c1-13(2)14-8-10-16(11-9-14)20-18(22)21(3)12-15-6-4-5-7-17(15)19/h4-11,13H,12H2,1-3H3,(H,20,22). The predicted molar refractivity (Wildman–Crippen MR) is 99.7 cm³/mol. The molecule has 2 nitrogen and oxygen atoms in total. The number of rotatable bonds is 4. The number of thiocarbonyl (C=S) groups is 1. The fourth-order valence-corrected chi connectivity index (χ4v) is 2.50. The van der Waals surface area contributed by atoms with Crippen molar-refractivity contribution in [2.75, 3.05) is 12.4 Å². The molecular formula is C18H21ClN2S. The lowest BCUT2D eigenvalue weighted by Gasteiger charge is -2.22. The zero-order chi connectivity index (χ0) is 16.1. The molecule has 0 bridgehead atoms. The molecule has 2 aromatic rings. The first-order valence-electron chi connectivity index (χ1n) is 7.33. The smallest absolute Gasteiger partial charge is 0.173 e. The number of benzene rings is 2. The first-order chi connectivity index (χ1) is 10.5. The fourth-order valence-electron chi connectivity index (χ4n) is 2.12. The Hall–Kier alpha value is -1.58. The summed E-state index contributed by atoms with van der Waals surface area (Å²) in [5.74, 6) is 0.531. The van der Waals surface area contributed by atoms with Crippen molar-refractivity contribution < 1.29 is 0 Å². The average molecular weight is 333 g/mol. The average Bonchev–Trinajstić information content (AvgIpc) is 2.50. The van der Waals surface area contributed by atoms with Gasteiger partial charge in [0.05, 0.1) is 0 Å². The van der Waals surface area contributed by atoms with Crippen LogP contribution in [-0.4, -0.2) is 17.1 Å². The van der Waals surface area contributed by atoms with Crippen LogP contribution in [0.25, 0.3) is 0 Å². The van der Waals surface area contributed by atoms with E-state index in [0.29, 0.717) is 17.6 Å². The Labute approximate surface area is 143 Å². The maximum absolute atomic E-state index is 6.19. The lowest BCUT2D eigenvalue weighted by molar-refractivity contribution is 0.508. The van der Waals surface area contributed by atoms with Crippen molar-refractivity contribution in [3.8, 4) is 0 Å². The normalized spacial score (nSPS) is 10.6. The van der Waals surface area contributed by atoms with Crippen LogP contribution in [0.2, 0.25) is 5.02 Å². The van der Waals surface area contributed by atoms with Gasteiger partial charge in [-0.25, -0.2) is 0 Å². The van der Waals surface area contributed by atoms with E-state index in [2.05, 4.69) is 43.4 Å². The lowest BCUT2D eigenvalue weighted by Crippen LogP contribution is -2.30. The third-order valence-corrected chi connectivity index (χ3v) is 4.32. The van der Waals surface area contributed by atoms with E-state index in [4.69, 9.17) is 23.8 Å². The SMILES string of the molecule is CC(C)c1ccc(NC(=S)N(C)Cc2ccccc2Cl)cc1. The third kappa shape index (κ3) is 4.46. The highest BCUT2D eigenvalue weighted by Crippen LogP contribution is 2.19. The second-order valence-corrected chi connectivity index (χ2v) is 6.45. The molecule has 0 saturated heterocycles. The first kappa shape index (κ1) is 16.8. The molecule has 0 aliphatic rings. The van der Waals surface area contributed by atoms with Crippen LogP contribution in [0, 0.1) is 0 Å². The molecule has 116 valence electrons. The maximum atomic E-state index is 6.19. The summed E-state index contributed by atoms with van der Waals surface area (Å²) in [6.07, 6.45) is 0. The van der Waals surface area contributed by atoms with Crippen molar-refractivity contribution in [1.29, 1.82) is 0 Å². The van der Waals surface area contributed by atoms with E-state index in [9.17, 15) is 0 Å². The maximum Gasteiger partial charge on any atom is 0.173 e. The summed E-state index contributed by atoms with van der Waals surface area (Å²) >= 11 is 11.6. The summed E-state index contributed by atoms with van der Waals surface area (Å²) in [6.45, 7) is 5.05. The molecule has 0 saturated carbocycles. The van der Waals surface area contributed by atoms with Crippen LogP contribution in [0.15, 0.2) is 48.5 Å². The molecule has 0 unspecified atom stereocenters. The summed E-state index contributed by atoms with van der Waals surface area (Å²) < 4.78 is 0. The van der Waals surface area contributed by atoms with Gasteiger partial charge in [-0.1, -0.05) is 55.8 Å². The highest BCUT2D eigenvalue weighted by atomic mass is 35.5. The van der Waals surface area contributed by atoms with Crippen molar-refractivity contribution >= 4 is 34.6 Å². The highest BCUT2D eigenvalue weighted by Gasteiger charge is 2.08. The van der Waals surface area contributed by atoms with Gasteiger partial charge < -0.3 is 10.2 Å². The molecular weight excluding hydrogens is 312 g/mol. The number of anilines is 1. The van der Waals surface area contributed by atoms with Gasteiger partial charge in [-0.3, -0.25) is 0 Å². The largest absolute Gasteiger partial charge is 0.348 e. The Morgan fingerprint density at radius 1 is 1.14 bits per heavy atom. The second-order valence-electron chi connectivity index (χ2n) is 5.65. The van der Waals surface area contributed by atoms with Crippen LogP contribution in [0.4, 0.5) is 5.69 Å². The van der Waals surface area contributed by atoms with Crippen molar-refractivity contribution in [3.05, 3.63) is 64.7 Å². The minimum absolute atomic E-state index is 0.531. The Morgan fingerprint density at radius 2 is 1.77 bits per heavy atom. The number of halogens is 1. The third-order valence-electron chi connectivity index (χ3n) is 3.54. The number of nitrogens with zero attached hydrogens (tertiary/aromatic N) is 1. The second kappa shape index (κ2) is 7.61. The number of hydrogen-bond donors (Lipinski definition) is 1. The van der Waals surface area contributed by atoms with Crippen LogP contribution < -0.4 is 5.32 Å². The van der Waals surface area contributed by atoms with Gasteiger partial charge >= 0.3 is 0 Å². The fraction of sp³-hybridized carbons (Fsp3) is 0.278. The van der Waals surface area contributed by atoms with E-state index in [0.717, 1.165) is 16.3 Å².